The van der Waals surface area contributed by atoms with Crippen molar-refractivity contribution < 1.29 is 9.59 Å². The Labute approximate surface area is 185 Å². The van der Waals surface area contributed by atoms with Gasteiger partial charge in [0.05, 0.1) is 10.9 Å². The molecule has 154 valence electrons. The fraction of sp³-hybridized carbons (Fsp3) is 0.130. The van der Waals surface area contributed by atoms with Crippen LogP contribution < -0.4 is 15.4 Å². The summed E-state index contributed by atoms with van der Waals surface area (Å²) in [7, 11) is 1.86. The molecule has 0 fully saturated rings. The van der Waals surface area contributed by atoms with Crippen molar-refractivity contribution in [2.45, 2.75) is 22.0 Å². The van der Waals surface area contributed by atoms with Crippen LogP contribution in [0.25, 0.3) is 11.1 Å². The van der Waals surface area contributed by atoms with E-state index in [4.69, 9.17) is 4.79 Å². The maximum Gasteiger partial charge on any atom is 0.239 e. The Morgan fingerprint density at radius 3 is 2.33 bits per heavy atom. The van der Waals surface area contributed by atoms with E-state index in [0.29, 0.717) is 0 Å². The van der Waals surface area contributed by atoms with Crippen LogP contribution in [0.2, 0.25) is 0 Å². The minimum Gasteiger partial charge on any atom is -0.372 e. The van der Waals surface area contributed by atoms with Crippen LogP contribution in [0.1, 0.15) is 6.92 Å². The van der Waals surface area contributed by atoms with Crippen molar-refractivity contribution in [1.29, 1.82) is 0 Å². The molecule has 0 spiro atoms. The number of carbonyl (C=O) groups is 2. The van der Waals surface area contributed by atoms with Gasteiger partial charge in [-0.2, -0.15) is 0 Å². The van der Waals surface area contributed by atoms with Crippen LogP contribution in [0.3, 0.4) is 0 Å². The molecule has 0 saturated carbocycles. The summed E-state index contributed by atoms with van der Waals surface area (Å²) in [6, 6.07) is 25.0. The second-order valence-electron chi connectivity index (χ2n) is 6.57. The Balaban J connectivity index is 0.000000806. The molecule has 30 heavy (non-hydrogen) atoms. The van der Waals surface area contributed by atoms with Crippen LogP contribution in [-0.4, -0.2) is 24.6 Å². The molecule has 5 nitrogen and oxygen atoms in total. The highest BCUT2D eigenvalue weighted by molar-refractivity contribution is 8.01. The Bertz CT molecular complexity index is 1010. The summed E-state index contributed by atoms with van der Waals surface area (Å²) in [4.78, 5) is 24.9. The summed E-state index contributed by atoms with van der Waals surface area (Å²) < 4.78 is 3.35. The minimum atomic E-state index is -0.0261. The Hall–Kier alpha value is -2.90. The standard InChI is InChI=1S/C22H20N2OS2.CH3NO/c1-15-22(25)24(2)20-14-17(10-13-21(20)26-15)16-8-11-19(12-9-16)27-23-18-6-4-3-5-7-18;2-1-3/h3-15,23H,1-2H3;1H,(H2,2,3). The molecule has 0 radical (unpaired) electrons. The fourth-order valence-electron chi connectivity index (χ4n) is 3.03. The van der Waals surface area contributed by atoms with E-state index in [2.05, 4.69) is 52.9 Å². The van der Waals surface area contributed by atoms with Crippen LogP contribution in [-0.2, 0) is 9.59 Å². The number of hydrogen-bond donors (Lipinski definition) is 2. The van der Waals surface area contributed by atoms with E-state index in [-0.39, 0.29) is 17.6 Å². The fourth-order valence-corrected chi connectivity index (χ4v) is 4.78. The van der Waals surface area contributed by atoms with E-state index in [1.165, 1.54) is 0 Å². The van der Waals surface area contributed by atoms with Crippen LogP contribution in [0.5, 0.6) is 0 Å². The predicted octanol–water partition coefficient (Wildman–Crippen LogP) is 5.03. The molecule has 0 bridgehead atoms. The van der Waals surface area contributed by atoms with Gasteiger partial charge in [-0.25, -0.2) is 0 Å². The van der Waals surface area contributed by atoms with Gasteiger partial charge in [0.25, 0.3) is 0 Å². The number of thioether (sulfide) groups is 1. The first-order chi connectivity index (χ1) is 14.5. The van der Waals surface area contributed by atoms with Gasteiger partial charge in [-0.1, -0.05) is 36.4 Å². The first-order valence-electron chi connectivity index (χ1n) is 9.35. The van der Waals surface area contributed by atoms with Crippen LogP contribution in [0.15, 0.2) is 82.6 Å². The highest BCUT2D eigenvalue weighted by Crippen LogP contribution is 2.40. The summed E-state index contributed by atoms with van der Waals surface area (Å²) in [5, 5.41) is -0.0261. The monoisotopic (exact) mass is 437 g/mol. The van der Waals surface area contributed by atoms with E-state index < -0.39 is 0 Å². The number of anilines is 2. The van der Waals surface area contributed by atoms with Gasteiger partial charge in [0.2, 0.25) is 12.3 Å². The van der Waals surface area contributed by atoms with Gasteiger partial charge in [0, 0.05) is 22.5 Å². The van der Waals surface area contributed by atoms with E-state index >= 15 is 0 Å². The molecule has 1 atom stereocenters. The van der Waals surface area contributed by atoms with Gasteiger partial charge in [0.15, 0.2) is 0 Å². The highest BCUT2D eigenvalue weighted by atomic mass is 32.2. The summed E-state index contributed by atoms with van der Waals surface area (Å²) >= 11 is 3.23. The molecular formula is C23H23N3O2S2. The Kier molecular flexibility index (Phi) is 7.43. The molecule has 1 unspecified atom stereocenters. The van der Waals surface area contributed by atoms with E-state index in [1.54, 1.807) is 28.6 Å². The van der Waals surface area contributed by atoms with Gasteiger partial charge < -0.3 is 15.4 Å². The molecule has 3 aromatic carbocycles. The van der Waals surface area contributed by atoms with Crippen molar-refractivity contribution in [3.05, 3.63) is 72.8 Å². The quantitative estimate of drug-likeness (QED) is 0.442. The Morgan fingerprint density at radius 2 is 1.67 bits per heavy atom. The van der Waals surface area contributed by atoms with Crippen molar-refractivity contribution in [1.82, 2.24) is 0 Å². The predicted molar refractivity (Wildman–Crippen MR) is 127 cm³/mol. The summed E-state index contributed by atoms with van der Waals surface area (Å²) in [5.74, 6) is 0.156. The maximum absolute atomic E-state index is 12.3. The zero-order valence-corrected chi connectivity index (χ0v) is 18.4. The minimum absolute atomic E-state index is 0.0261. The number of nitrogens with one attached hydrogen (secondary N) is 1. The second kappa shape index (κ2) is 10.2. The van der Waals surface area contributed by atoms with Crippen molar-refractivity contribution >= 4 is 47.4 Å². The van der Waals surface area contributed by atoms with E-state index in [1.807, 2.05) is 44.3 Å². The smallest absolute Gasteiger partial charge is 0.239 e. The van der Waals surface area contributed by atoms with Crippen molar-refractivity contribution in [2.24, 2.45) is 5.73 Å². The first kappa shape index (κ1) is 21.8. The van der Waals surface area contributed by atoms with Gasteiger partial charge in [-0.15, -0.1) is 11.8 Å². The molecule has 7 heteroatoms. The lowest BCUT2D eigenvalue weighted by Crippen LogP contribution is -2.36. The molecule has 3 N–H and O–H groups in total. The summed E-state index contributed by atoms with van der Waals surface area (Å²) in [5.41, 5.74) is 8.51. The third-order valence-corrected chi connectivity index (χ3v) is 6.55. The number of amides is 2. The number of nitrogens with zero attached hydrogens (tertiary/aromatic N) is 1. The van der Waals surface area contributed by atoms with E-state index in [9.17, 15) is 4.79 Å². The van der Waals surface area contributed by atoms with Gasteiger partial charge in [0.1, 0.15) is 0 Å². The number of hydrogen-bond acceptors (Lipinski definition) is 5. The average Bonchev–Trinajstić information content (AvgIpc) is 2.78. The van der Waals surface area contributed by atoms with Crippen molar-refractivity contribution in [2.75, 3.05) is 16.7 Å². The molecule has 1 heterocycles. The zero-order chi connectivity index (χ0) is 21.5. The lowest BCUT2D eigenvalue weighted by atomic mass is 10.0. The maximum atomic E-state index is 12.3. The molecule has 0 saturated heterocycles. The van der Waals surface area contributed by atoms with Crippen LogP contribution >= 0.6 is 23.7 Å². The molecule has 1 aliphatic heterocycles. The van der Waals surface area contributed by atoms with Gasteiger partial charge in [-0.05, 0) is 66.4 Å². The highest BCUT2D eigenvalue weighted by Gasteiger charge is 2.28. The zero-order valence-electron chi connectivity index (χ0n) is 16.7. The molecule has 0 aliphatic carbocycles. The first-order valence-corrected chi connectivity index (χ1v) is 11.0. The number of fused-ring (bicyclic) bond motifs is 1. The van der Waals surface area contributed by atoms with Crippen LogP contribution in [0, 0.1) is 0 Å². The van der Waals surface area contributed by atoms with Gasteiger partial charge in [-0.3, -0.25) is 9.59 Å². The third kappa shape index (κ3) is 5.17. The topological polar surface area (TPSA) is 75.4 Å². The lowest BCUT2D eigenvalue weighted by Gasteiger charge is -2.29. The molecule has 4 rings (SSSR count). The number of primary amides is 1. The van der Waals surface area contributed by atoms with E-state index in [0.717, 1.165) is 32.3 Å². The largest absolute Gasteiger partial charge is 0.372 e. The summed E-state index contributed by atoms with van der Waals surface area (Å²) in [6.45, 7) is 1.96. The molecular weight excluding hydrogens is 414 g/mol. The number of para-hydroxylation sites is 1. The normalized spacial score (nSPS) is 14.9. The number of benzene rings is 3. The molecule has 2 amide bonds. The number of carbonyl (C=O) groups excluding carboxylic acids is 2. The SMILES string of the molecule is CC1Sc2ccc(-c3ccc(SNc4ccccc4)cc3)cc2N(C)C1=O.NC=O. The average molecular weight is 438 g/mol. The van der Waals surface area contributed by atoms with Gasteiger partial charge >= 0.3 is 0 Å². The molecule has 1 aliphatic rings. The second-order valence-corrected chi connectivity index (χ2v) is 8.83. The lowest BCUT2D eigenvalue weighted by molar-refractivity contribution is -0.117. The summed E-state index contributed by atoms with van der Waals surface area (Å²) in [6.07, 6.45) is 0.250. The van der Waals surface area contributed by atoms with Crippen LogP contribution in [0.4, 0.5) is 11.4 Å². The van der Waals surface area contributed by atoms with Crippen molar-refractivity contribution in [3.8, 4) is 11.1 Å². The van der Waals surface area contributed by atoms with Crippen molar-refractivity contribution in [3.63, 3.8) is 0 Å². The third-order valence-electron chi connectivity index (χ3n) is 4.55. The number of nitrogens with two attached hydrogens (primary N) is 1. The Morgan fingerprint density at radius 1 is 1.03 bits per heavy atom. The number of rotatable bonds is 4. The molecule has 0 aromatic heterocycles. The molecule has 3 aromatic rings.